The summed E-state index contributed by atoms with van der Waals surface area (Å²) in [7, 11) is 0. The van der Waals surface area contributed by atoms with Gasteiger partial charge in [0.25, 0.3) is 11.8 Å². The molecule has 1 N–H and O–H groups in total. The Morgan fingerprint density at radius 3 is 2.12 bits per heavy atom. The van der Waals surface area contributed by atoms with E-state index >= 15 is 0 Å². The maximum atomic E-state index is 13.4. The molecule has 4 amide bonds. The van der Waals surface area contributed by atoms with Crippen LogP contribution in [0.4, 0.5) is 4.79 Å². The van der Waals surface area contributed by atoms with E-state index in [2.05, 4.69) is 5.32 Å². The molecule has 41 heavy (non-hydrogen) atoms. The third kappa shape index (κ3) is 7.45. The molecule has 0 bridgehead atoms. The summed E-state index contributed by atoms with van der Waals surface area (Å²) in [6, 6.07) is 19.3. The Morgan fingerprint density at radius 1 is 0.732 bits per heavy atom. The fourth-order valence-corrected chi connectivity index (χ4v) is 4.17. The normalized spacial score (nSPS) is 14.2. The number of nitrogens with zero attached hydrogens (tertiary/aromatic N) is 1. The third-order valence-electron chi connectivity index (χ3n) is 6.11. The zero-order valence-electron chi connectivity index (χ0n) is 23.5. The summed E-state index contributed by atoms with van der Waals surface area (Å²) in [5.41, 5.74) is 2.03. The summed E-state index contributed by atoms with van der Waals surface area (Å²) in [6.07, 6.45) is 2.28. The minimum absolute atomic E-state index is 0.0557. The second-order valence-electron chi connectivity index (χ2n) is 9.18. The van der Waals surface area contributed by atoms with Crippen molar-refractivity contribution in [3.8, 4) is 23.0 Å². The van der Waals surface area contributed by atoms with E-state index < -0.39 is 17.8 Å². The number of urea groups is 1. The number of nitrogens with one attached hydrogen (secondary N) is 1. The van der Waals surface area contributed by atoms with Gasteiger partial charge < -0.3 is 18.9 Å². The topological polar surface area (TPSA) is 103 Å². The smallest absolute Gasteiger partial charge is 0.331 e. The van der Waals surface area contributed by atoms with Gasteiger partial charge in [-0.05, 0) is 67.3 Å². The minimum atomic E-state index is -0.791. The molecule has 1 fully saturated rings. The van der Waals surface area contributed by atoms with E-state index in [1.807, 2.05) is 51.1 Å². The van der Waals surface area contributed by atoms with Crippen LogP contribution in [0.1, 0.15) is 43.9 Å². The summed E-state index contributed by atoms with van der Waals surface area (Å²) in [5.74, 6) is 0.646. The largest absolute Gasteiger partial charge is 0.490 e. The van der Waals surface area contributed by atoms with Crippen LogP contribution in [0.25, 0.3) is 6.08 Å². The molecule has 0 spiro atoms. The number of benzene rings is 3. The van der Waals surface area contributed by atoms with Crippen LogP contribution in [0.5, 0.6) is 23.0 Å². The van der Waals surface area contributed by atoms with Gasteiger partial charge in [0.15, 0.2) is 23.0 Å². The summed E-state index contributed by atoms with van der Waals surface area (Å²) in [5, 5.41) is 2.27. The standard InChI is InChI=1S/C32H34N2O7/c1-4-16-40-26-15-13-24(19-29(26)39-6-3)20-34-31(36)25(30(35)33-32(34)37)17-23-12-14-27(28(18-23)38-5-2)41-21-22-10-8-7-9-11-22/h7-15,17-19H,4-6,16,20-21H2,1-3H3,(H,33,35,37)/b25-17+. The van der Waals surface area contributed by atoms with Crippen molar-refractivity contribution in [2.45, 2.75) is 40.3 Å². The number of hydrogen-bond donors (Lipinski definition) is 1. The van der Waals surface area contributed by atoms with Crippen molar-refractivity contribution in [2.75, 3.05) is 19.8 Å². The van der Waals surface area contributed by atoms with Crippen molar-refractivity contribution in [3.05, 3.63) is 89.0 Å². The molecule has 214 valence electrons. The summed E-state index contributed by atoms with van der Waals surface area (Å²) in [6.45, 7) is 7.38. The summed E-state index contributed by atoms with van der Waals surface area (Å²) >= 11 is 0. The molecule has 0 saturated carbocycles. The molecule has 4 rings (SSSR count). The first-order valence-corrected chi connectivity index (χ1v) is 13.6. The Labute approximate surface area is 239 Å². The fraction of sp³-hybridized carbons (Fsp3) is 0.281. The number of carbonyl (C=O) groups is 3. The van der Waals surface area contributed by atoms with Gasteiger partial charge in [-0.1, -0.05) is 49.4 Å². The molecular formula is C32H34N2O7. The fourth-order valence-electron chi connectivity index (χ4n) is 4.17. The van der Waals surface area contributed by atoms with Gasteiger partial charge in [-0.3, -0.25) is 19.8 Å². The second kappa shape index (κ2) is 14.0. The molecule has 1 aliphatic rings. The molecule has 0 aromatic heterocycles. The van der Waals surface area contributed by atoms with Gasteiger partial charge in [-0.25, -0.2) is 4.79 Å². The lowest BCUT2D eigenvalue weighted by Crippen LogP contribution is -2.53. The van der Waals surface area contributed by atoms with E-state index in [1.165, 1.54) is 6.08 Å². The summed E-state index contributed by atoms with van der Waals surface area (Å²) < 4.78 is 23.2. The molecule has 1 aliphatic heterocycles. The van der Waals surface area contributed by atoms with Crippen LogP contribution in [0.2, 0.25) is 0 Å². The zero-order valence-corrected chi connectivity index (χ0v) is 23.5. The highest BCUT2D eigenvalue weighted by Gasteiger charge is 2.36. The van der Waals surface area contributed by atoms with Gasteiger partial charge in [0.2, 0.25) is 0 Å². The van der Waals surface area contributed by atoms with Gasteiger partial charge in [-0.15, -0.1) is 0 Å². The molecule has 0 unspecified atom stereocenters. The highest BCUT2D eigenvalue weighted by Crippen LogP contribution is 2.32. The molecule has 3 aromatic rings. The van der Waals surface area contributed by atoms with E-state index in [9.17, 15) is 14.4 Å². The molecule has 0 radical (unpaired) electrons. The van der Waals surface area contributed by atoms with Gasteiger partial charge in [0.05, 0.1) is 26.4 Å². The van der Waals surface area contributed by atoms with Crippen molar-refractivity contribution in [3.63, 3.8) is 0 Å². The number of carbonyl (C=O) groups excluding carboxylic acids is 3. The van der Waals surface area contributed by atoms with Gasteiger partial charge in [0.1, 0.15) is 12.2 Å². The van der Waals surface area contributed by atoms with Gasteiger partial charge in [0, 0.05) is 0 Å². The molecule has 1 saturated heterocycles. The first kappa shape index (κ1) is 29.2. The lowest BCUT2D eigenvalue weighted by molar-refractivity contribution is -0.130. The highest BCUT2D eigenvalue weighted by atomic mass is 16.5. The van der Waals surface area contributed by atoms with E-state index in [0.717, 1.165) is 16.9 Å². The molecule has 1 heterocycles. The Bertz CT molecular complexity index is 1420. The molecule has 9 heteroatoms. The van der Waals surface area contributed by atoms with Crippen LogP contribution < -0.4 is 24.3 Å². The maximum absolute atomic E-state index is 13.4. The zero-order chi connectivity index (χ0) is 29.2. The minimum Gasteiger partial charge on any atom is -0.490 e. The van der Waals surface area contributed by atoms with Gasteiger partial charge in [-0.2, -0.15) is 0 Å². The predicted octanol–water partition coefficient (Wildman–Crippen LogP) is 5.51. The monoisotopic (exact) mass is 558 g/mol. The molecule has 0 aliphatic carbocycles. The number of rotatable bonds is 13. The van der Waals surface area contributed by atoms with Crippen LogP contribution in [0.3, 0.4) is 0 Å². The number of barbiturate groups is 1. The lowest BCUT2D eigenvalue weighted by Gasteiger charge is -2.26. The van der Waals surface area contributed by atoms with Crippen LogP contribution in [0.15, 0.2) is 72.3 Å². The molecular weight excluding hydrogens is 524 g/mol. The Morgan fingerprint density at radius 2 is 1.41 bits per heavy atom. The molecule has 0 atom stereocenters. The van der Waals surface area contributed by atoms with Crippen molar-refractivity contribution in [1.29, 1.82) is 0 Å². The van der Waals surface area contributed by atoms with Crippen molar-refractivity contribution >= 4 is 23.9 Å². The maximum Gasteiger partial charge on any atom is 0.331 e. The average Bonchev–Trinajstić information content (AvgIpc) is 2.97. The lowest BCUT2D eigenvalue weighted by atomic mass is 10.1. The predicted molar refractivity (Wildman–Crippen MR) is 154 cm³/mol. The highest BCUT2D eigenvalue weighted by molar-refractivity contribution is 6.30. The number of amides is 4. The van der Waals surface area contributed by atoms with E-state index in [-0.39, 0.29) is 12.1 Å². The van der Waals surface area contributed by atoms with Crippen LogP contribution in [-0.2, 0) is 22.7 Å². The first-order chi connectivity index (χ1) is 19.9. The Balaban J connectivity index is 1.55. The van der Waals surface area contributed by atoms with E-state index in [0.29, 0.717) is 60.6 Å². The number of hydrogen-bond acceptors (Lipinski definition) is 7. The molecule has 3 aromatic carbocycles. The third-order valence-corrected chi connectivity index (χ3v) is 6.11. The molecule has 9 nitrogen and oxygen atoms in total. The van der Waals surface area contributed by atoms with Crippen molar-refractivity contribution in [1.82, 2.24) is 10.2 Å². The second-order valence-corrected chi connectivity index (χ2v) is 9.18. The van der Waals surface area contributed by atoms with E-state index in [1.54, 1.807) is 36.4 Å². The number of ether oxygens (including phenoxy) is 4. The Hall–Kier alpha value is -4.79. The van der Waals surface area contributed by atoms with Crippen LogP contribution in [0, 0.1) is 0 Å². The van der Waals surface area contributed by atoms with Crippen LogP contribution >= 0.6 is 0 Å². The quantitative estimate of drug-likeness (QED) is 0.218. The average molecular weight is 559 g/mol. The van der Waals surface area contributed by atoms with Crippen molar-refractivity contribution in [2.24, 2.45) is 0 Å². The van der Waals surface area contributed by atoms with E-state index in [4.69, 9.17) is 18.9 Å². The SMILES string of the molecule is CCCOc1ccc(CN2C(=O)NC(=O)/C(=C\c3ccc(OCc4ccccc4)c(OCC)c3)C2=O)cc1OCC. The number of imide groups is 2. The Kier molecular flexibility index (Phi) is 9.99. The van der Waals surface area contributed by atoms with Crippen molar-refractivity contribution < 1.29 is 33.3 Å². The summed E-state index contributed by atoms with van der Waals surface area (Å²) in [4.78, 5) is 39.7. The van der Waals surface area contributed by atoms with Crippen LogP contribution in [-0.4, -0.2) is 42.6 Å². The van der Waals surface area contributed by atoms with Gasteiger partial charge >= 0.3 is 6.03 Å². The first-order valence-electron chi connectivity index (χ1n) is 13.6.